The van der Waals surface area contributed by atoms with Crippen molar-refractivity contribution in [2.45, 2.75) is 118 Å². The molecule has 3 aliphatic rings. The van der Waals surface area contributed by atoms with Crippen LogP contribution in [0.4, 0.5) is 5.69 Å². The van der Waals surface area contributed by atoms with Crippen LogP contribution in [0.25, 0.3) is 11.1 Å². The number of piperidine rings is 1. The highest BCUT2D eigenvalue weighted by atomic mass is 16.5. The first kappa shape index (κ1) is 31.0. The van der Waals surface area contributed by atoms with Crippen molar-refractivity contribution < 1.29 is 14.6 Å². The molecule has 1 saturated carbocycles. The zero-order valence-corrected chi connectivity index (χ0v) is 27.2. The molecule has 6 nitrogen and oxygen atoms in total. The van der Waals surface area contributed by atoms with Crippen LogP contribution in [0.5, 0.6) is 0 Å². The Kier molecular flexibility index (Phi) is 9.06. The lowest BCUT2D eigenvalue weighted by atomic mass is 9.81. The van der Waals surface area contributed by atoms with E-state index in [1.165, 1.54) is 49.8 Å². The Bertz CT molecular complexity index is 1280. The smallest absolute Gasteiger partial charge is 0.337 e. The summed E-state index contributed by atoms with van der Waals surface area (Å²) < 4.78 is 6.26. The molecular weight excluding hydrogens is 522 g/mol. The van der Waals surface area contributed by atoms with Crippen molar-refractivity contribution in [1.82, 2.24) is 9.88 Å². The molecule has 3 heterocycles. The van der Waals surface area contributed by atoms with Crippen LogP contribution in [-0.2, 0) is 22.5 Å². The van der Waals surface area contributed by atoms with Gasteiger partial charge < -0.3 is 14.7 Å². The summed E-state index contributed by atoms with van der Waals surface area (Å²) in [5, 5.41) is 10.5. The average molecular weight is 576 g/mol. The highest BCUT2D eigenvalue weighted by Gasteiger charge is 2.36. The Labute approximate surface area is 253 Å². The second-order valence-corrected chi connectivity index (χ2v) is 15.0. The first-order valence-corrected chi connectivity index (χ1v) is 16.3. The van der Waals surface area contributed by atoms with E-state index >= 15 is 0 Å². The molecule has 230 valence electrons. The molecule has 1 saturated heterocycles. The second kappa shape index (κ2) is 12.3. The van der Waals surface area contributed by atoms with Crippen molar-refractivity contribution in [2.75, 3.05) is 31.1 Å². The minimum atomic E-state index is -1.09. The third kappa shape index (κ3) is 7.02. The van der Waals surface area contributed by atoms with Crippen molar-refractivity contribution >= 4 is 11.7 Å². The molecule has 2 aromatic rings. The first-order chi connectivity index (χ1) is 19.8. The molecule has 2 aliphatic heterocycles. The molecule has 1 aromatic carbocycles. The monoisotopic (exact) mass is 575 g/mol. The molecule has 1 unspecified atom stereocenters. The minimum Gasteiger partial charge on any atom is -0.479 e. The number of nitrogens with zero attached hydrogens (tertiary/aromatic N) is 3. The Balaban J connectivity index is 1.55. The van der Waals surface area contributed by atoms with Crippen molar-refractivity contribution in [2.24, 2.45) is 11.3 Å². The van der Waals surface area contributed by atoms with Crippen LogP contribution in [0.2, 0.25) is 0 Å². The number of hydrogen-bond acceptors (Lipinski definition) is 5. The molecule has 0 radical (unpaired) electrons. The van der Waals surface area contributed by atoms with Gasteiger partial charge in [-0.05, 0) is 94.7 Å². The molecule has 42 heavy (non-hydrogen) atoms. The zero-order valence-electron chi connectivity index (χ0n) is 27.2. The Hall–Kier alpha value is -2.44. The first-order valence-electron chi connectivity index (χ1n) is 16.3. The highest BCUT2D eigenvalue weighted by Crippen LogP contribution is 2.45. The number of carboxylic acid groups (broad SMARTS) is 1. The van der Waals surface area contributed by atoms with Crippen LogP contribution < -0.4 is 4.90 Å². The number of hydrogen-bond donors (Lipinski definition) is 1. The summed E-state index contributed by atoms with van der Waals surface area (Å²) in [5.74, 6) is -0.111. The van der Waals surface area contributed by atoms with Gasteiger partial charge in [-0.3, -0.25) is 9.88 Å². The van der Waals surface area contributed by atoms with E-state index < -0.39 is 17.7 Å². The maximum Gasteiger partial charge on any atom is 0.337 e. The Morgan fingerprint density at radius 2 is 1.74 bits per heavy atom. The number of aromatic nitrogens is 1. The predicted octanol–water partition coefficient (Wildman–Crippen LogP) is 7.87. The number of carbonyl (C=O) groups is 1. The van der Waals surface area contributed by atoms with Crippen LogP contribution in [0.1, 0.15) is 114 Å². The molecule has 1 aliphatic carbocycles. The van der Waals surface area contributed by atoms with E-state index in [-0.39, 0.29) is 5.41 Å². The van der Waals surface area contributed by atoms with Crippen molar-refractivity contribution in [3.8, 4) is 11.1 Å². The van der Waals surface area contributed by atoms with Gasteiger partial charge in [0.05, 0.1) is 11.3 Å². The summed E-state index contributed by atoms with van der Waals surface area (Å²) in [5.41, 5.74) is 8.10. The van der Waals surface area contributed by atoms with E-state index in [2.05, 4.69) is 48.8 Å². The number of anilines is 1. The molecule has 0 amide bonds. The Morgan fingerprint density at radius 1 is 1.05 bits per heavy atom. The quantitative estimate of drug-likeness (QED) is 0.362. The summed E-state index contributed by atoms with van der Waals surface area (Å²) in [6, 6.07) is 6.94. The number of carboxylic acids is 1. The number of ether oxygens (including phenoxy) is 1. The van der Waals surface area contributed by atoms with E-state index in [9.17, 15) is 9.90 Å². The van der Waals surface area contributed by atoms with Crippen LogP contribution in [-0.4, -0.2) is 52.7 Å². The standard InChI is InChI=1S/C36H53N3O3/c1-24-30(28-13-14-29-23-38(18-15-27(29)21-28)22-26-11-9-8-10-12-26)32(39-19-16-36(6,7)17-20-39)31(25(2)37-24)33(34(40)41)42-35(3,4)5/h13-14,21,26,33H,8-12,15-20,22-23H2,1-7H3,(H,40,41). The lowest BCUT2D eigenvalue weighted by Crippen LogP contribution is -2.39. The van der Waals surface area contributed by atoms with Crippen LogP contribution >= 0.6 is 0 Å². The van der Waals surface area contributed by atoms with Crippen molar-refractivity contribution in [3.63, 3.8) is 0 Å². The number of benzene rings is 1. The van der Waals surface area contributed by atoms with E-state index in [1.54, 1.807) is 0 Å². The second-order valence-electron chi connectivity index (χ2n) is 15.0. The Morgan fingerprint density at radius 3 is 2.38 bits per heavy atom. The summed E-state index contributed by atoms with van der Waals surface area (Å²) in [4.78, 5) is 22.9. The van der Waals surface area contributed by atoms with Gasteiger partial charge in [0.15, 0.2) is 6.10 Å². The van der Waals surface area contributed by atoms with E-state index in [4.69, 9.17) is 9.72 Å². The largest absolute Gasteiger partial charge is 0.479 e. The lowest BCUT2D eigenvalue weighted by molar-refractivity contribution is -0.160. The summed E-state index contributed by atoms with van der Waals surface area (Å²) in [6.45, 7) is 19.6. The normalized spacial score (nSPS) is 20.8. The fraction of sp³-hybridized carbons (Fsp3) is 0.667. The number of rotatable bonds is 7. The number of fused-ring (bicyclic) bond motifs is 1. The van der Waals surface area contributed by atoms with Crippen molar-refractivity contribution in [3.05, 3.63) is 46.3 Å². The van der Waals surface area contributed by atoms with Crippen LogP contribution in [0, 0.1) is 25.2 Å². The van der Waals surface area contributed by atoms with Gasteiger partial charge in [-0.25, -0.2) is 4.79 Å². The van der Waals surface area contributed by atoms with E-state index in [0.717, 1.165) is 79.6 Å². The van der Waals surface area contributed by atoms with Crippen LogP contribution in [0.15, 0.2) is 18.2 Å². The molecule has 0 bridgehead atoms. The molecule has 1 aromatic heterocycles. The third-order valence-electron chi connectivity index (χ3n) is 9.80. The molecule has 1 N–H and O–H groups in total. The fourth-order valence-corrected chi connectivity index (χ4v) is 7.41. The summed E-state index contributed by atoms with van der Waals surface area (Å²) in [6.07, 6.45) is 9.05. The zero-order chi connectivity index (χ0) is 30.2. The lowest BCUT2D eigenvalue weighted by Gasteiger charge is -2.41. The average Bonchev–Trinajstić information content (AvgIpc) is 2.91. The summed E-state index contributed by atoms with van der Waals surface area (Å²) in [7, 11) is 0. The number of pyridine rings is 1. The van der Waals surface area contributed by atoms with Gasteiger partial charge in [-0.15, -0.1) is 0 Å². The third-order valence-corrected chi connectivity index (χ3v) is 9.80. The maximum absolute atomic E-state index is 12.8. The molecule has 6 heteroatoms. The molecule has 2 fully saturated rings. The maximum atomic E-state index is 12.8. The van der Waals surface area contributed by atoms with E-state index in [1.807, 2.05) is 27.7 Å². The highest BCUT2D eigenvalue weighted by molar-refractivity contribution is 5.88. The van der Waals surface area contributed by atoms with Crippen molar-refractivity contribution in [1.29, 1.82) is 0 Å². The topological polar surface area (TPSA) is 65.9 Å². The van der Waals surface area contributed by atoms with Gasteiger partial charge in [-0.1, -0.05) is 51.3 Å². The summed E-state index contributed by atoms with van der Waals surface area (Å²) >= 11 is 0. The predicted molar refractivity (Wildman–Crippen MR) is 171 cm³/mol. The minimum absolute atomic E-state index is 0.275. The fourth-order valence-electron chi connectivity index (χ4n) is 7.41. The van der Waals surface area contributed by atoms with Gasteiger partial charge in [-0.2, -0.15) is 0 Å². The SMILES string of the molecule is Cc1nc(C)c(C(OC(C)(C)C)C(=O)O)c(N2CCC(C)(C)CC2)c1-c1ccc2c(c1)CCN(CC1CCCCC1)C2. The number of aliphatic carboxylic acids is 1. The van der Waals surface area contributed by atoms with Gasteiger partial charge in [0.25, 0.3) is 0 Å². The van der Waals surface area contributed by atoms with Gasteiger partial charge in [0, 0.05) is 55.2 Å². The molecule has 1 atom stereocenters. The van der Waals surface area contributed by atoms with Gasteiger partial charge >= 0.3 is 5.97 Å². The van der Waals surface area contributed by atoms with Gasteiger partial charge in [0.2, 0.25) is 0 Å². The van der Waals surface area contributed by atoms with E-state index in [0.29, 0.717) is 5.56 Å². The van der Waals surface area contributed by atoms with Gasteiger partial charge in [0.1, 0.15) is 0 Å². The van der Waals surface area contributed by atoms with Crippen LogP contribution in [0.3, 0.4) is 0 Å². The molecular formula is C36H53N3O3. The molecule has 5 rings (SSSR count). The molecule has 0 spiro atoms. The number of aryl methyl sites for hydroxylation is 2.